The van der Waals surface area contributed by atoms with E-state index in [1.807, 2.05) is 0 Å². The van der Waals surface area contributed by atoms with Crippen LogP contribution in [0.25, 0.3) is 0 Å². The van der Waals surface area contributed by atoms with Crippen molar-refractivity contribution >= 4 is 23.2 Å². The van der Waals surface area contributed by atoms with Gasteiger partial charge in [-0.1, -0.05) is 0 Å². The molecule has 1 fully saturated rings. The highest BCUT2D eigenvalue weighted by Gasteiger charge is 2.33. The maximum absolute atomic E-state index is 13.4. The number of benzene rings is 2. The zero-order chi connectivity index (χ0) is 22.1. The summed E-state index contributed by atoms with van der Waals surface area (Å²) in [5, 5.41) is 8.34. The summed E-state index contributed by atoms with van der Waals surface area (Å²) < 4.78 is 53.0. The monoisotopic (exact) mass is 423 g/mol. The van der Waals surface area contributed by atoms with E-state index < -0.39 is 29.5 Å². The van der Waals surface area contributed by atoms with Crippen molar-refractivity contribution in [3.8, 4) is 0 Å². The average molecular weight is 423 g/mol. The molecule has 30 heavy (non-hydrogen) atoms. The molecule has 2 amide bonds. The second-order valence-corrected chi connectivity index (χ2v) is 7.32. The molecule has 0 aliphatic carbocycles. The minimum Gasteiger partial charge on any atom is -0.355 e. The van der Waals surface area contributed by atoms with Gasteiger partial charge in [-0.2, -0.15) is 13.2 Å². The van der Waals surface area contributed by atoms with E-state index in [0.29, 0.717) is 17.7 Å². The molecule has 3 rings (SSSR count). The van der Waals surface area contributed by atoms with Crippen molar-refractivity contribution in [2.24, 2.45) is 0 Å². The minimum absolute atomic E-state index is 0.138. The number of amides is 2. The number of hydrogen-bond acceptors (Lipinski definition) is 3. The number of hydrogen-bond donors (Lipinski definition) is 3. The van der Waals surface area contributed by atoms with E-state index in [1.54, 1.807) is 13.8 Å². The van der Waals surface area contributed by atoms with Gasteiger partial charge in [0.1, 0.15) is 5.82 Å². The summed E-state index contributed by atoms with van der Waals surface area (Å²) in [7, 11) is 0. The Morgan fingerprint density at radius 2 is 1.83 bits per heavy atom. The SMILES string of the molecule is Cc1cc(F)ccc1Nc1ccc(C(F)(F)F)cc1C(=O)N[C@H]1CCC(=O)N[C@@H]1C. The van der Waals surface area contributed by atoms with Crippen molar-refractivity contribution in [3.05, 3.63) is 58.9 Å². The van der Waals surface area contributed by atoms with E-state index in [0.717, 1.165) is 12.1 Å². The molecule has 3 N–H and O–H groups in total. The topological polar surface area (TPSA) is 70.2 Å². The lowest BCUT2D eigenvalue weighted by atomic mass is 9.98. The molecule has 0 unspecified atom stereocenters. The van der Waals surface area contributed by atoms with Crippen LogP contribution < -0.4 is 16.0 Å². The van der Waals surface area contributed by atoms with Crippen molar-refractivity contribution in [2.75, 3.05) is 5.32 Å². The van der Waals surface area contributed by atoms with Crippen molar-refractivity contribution in [1.29, 1.82) is 0 Å². The van der Waals surface area contributed by atoms with E-state index in [-0.39, 0.29) is 29.6 Å². The molecule has 1 heterocycles. The van der Waals surface area contributed by atoms with Crippen LogP contribution in [-0.2, 0) is 11.0 Å². The van der Waals surface area contributed by atoms with Gasteiger partial charge in [0, 0.05) is 24.2 Å². The largest absolute Gasteiger partial charge is 0.416 e. The maximum atomic E-state index is 13.4. The third-order valence-corrected chi connectivity index (χ3v) is 5.04. The minimum atomic E-state index is -4.62. The van der Waals surface area contributed by atoms with Gasteiger partial charge in [-0.05, 0) is 62.2 Å². The number of piperidine rings is 1. The molecule has 2 aromatic carbocycles. The van der Waals surface area contributed by atoms with Crippen LogP contribution in [0.4, 0.5) is 28.9 Å². The van der Waals surface area contributed by atoms with Gasteiger partial charge in [0.2, 0.25) is 5.91 Å². The van der Waals surface area contributed by atoms with Gasteiger partial charge in [0.25, 0.3) is 5.91 Å². The number of nitrogens with one attached hydrogen (secondary N) is 3. The highest BCUT2D eigenvalue weighted by atomic mass is 19.4. The Hall–Kier alpha value is -3.10. The van der Waals surface area contributed by atoms with E-state index in [9.17, 15) is 27.2 Å². The standard InChI is InChI=1S/C21H21F4N3O2/c1-11-9-14(22)4-6-16(11)27-18-5-3-13(21(23,24)25)10-15(18)20(30)28-17-7-8-19(29)26-12(17)2/h3-6,9-10,12,17,27H,7-8H2,1-2H3,(H,26,29)(H,28,30)/t12-,17+/m1/s1. The van der Waals surface area contributed by atoms with Crippen LogP contribution in [0, 0.1) is 12.7 Å². The predicted octanol–water partition coefficient (Wildman–Crippen LogP) is 4.29. The lowest BCUT2D eigenvalue weighted by molar-refractivity contribution is -0.137. The number of anilines is 2. The van der Waals surface area contributed by atoms with Gasteiger partial charge >= 0.3 is 6.18 Å². The smallest absolute Gasteiger partial charge is 0.355 e. The summed E-state index contributed by atoms with van der Waals surface area (Å²) in [5.74, 6) is -1.28. The fourth-order valence-electron chi connectivity index (χ4n) is 3.34. The van der Waals surface area contributed by atoms with Crippen LogP contribution in [0.15, 0.2) is 36.4 Å². The Morgan fingerprint density at radius 3 is 2.47 bits per heavy atom. The highest BCUT2D eigenvalue weighted by Crippen LogP contribution is 2.33. The van der Waals surface area contributed by atoms with Crippen LogP contribution in [0.3, 0.4) is 0 Å². The van der Waals surface area contributed by atoms with Gasteiger partial charge in [-0.25, -0.2) is 4.39 Å². The summed E-state index contributed by atoms with van der Waals surface area (Å²) in [6.07, 6.45) is -4.01. The Bertz CT molecular complexity index is 975. The van der Waals surface area contributed by atoms with Crippen molar-refractivity contribution in [1.82, 2.24) is 10.6 Å². The predicted molar refractivity (Wildman–Crippen MR) is 104 cm³/mol. The molecule has 0 saturated carbocycles. The van der Waals surface area contributed by atoms with Crippen LogP contribution in [0.2, 0.25) is 0 Å². The fourth-order valence-corrected chi connectivity index (χ4v) is 3.34. The molecule has 0 spiro atoms. The molecule has 1 aliphatic rings. The first-order valence-electron chi connectivity index (χ1n) is 9.39. The first kappa shape index (κ1) is 21.6. The van der Waals surface area contributed by atoms with Gasteiger partial charge in [0.15, 0.2) is 0 Å². The second-order valence-electron chi connectivity index (χ2n) is 7.32. The molecule has 1 saturated heterocycles. The maximum Gasteiger partial charge on any atom is 0.416 e. The highest BCUT2D eigenvalue weighted by molar-refractivity contribution is 6.01. The lowest BCUT2D eigenvalue weighted by Crippen LogP contribution is -2.54. The van der Waals surface area contributed by atoms with Gasteiger partial charge in [-0.15, -0.1) is 0 Å². The normalized spacial score (nSPS) is 19.2. The lowest BCUT2D eigenvalue weighted by Gasteiger charge is -2.30. The van der Waals surface area contributed by atoms with Gasteiger partial charge in [0.05, 0.1) is 16.8 Å². The number of carbonyl (C=O) groups is 2. The van der Waals surface area contributed by atoms with E-state index in [4.69, 9.17) is 0 Å². The molecular formula is C21H21F4N3O2. The second kappa shape index (κ2) is 8.33. The van der Waals surface area contributed by atoms with Crippen LogP contribution in [0.5, 0.6) is 0 Å². The Kier molecular flexibility index (Phi) is 6.00. The number of carbonyl (C=O) groups excluding carboxylic acids is 2. The first-order valence-corrected chi connectivity index (χ1v) is 9.39. The molecule has 9 heteroatoms. The molecule has 2 atom stereocenters. The molecule has 0 aromatic heterocycles. The first-order chi connectivity index (χ1) is 14.0. The number of alkyl halides is 3. The number of halogens is 4. The summed E-state index contributed by atoms with van der Waals surface area (Å²) in [6.45, 7) is 3.36. The average Bonchev–Trinajstić information content (AvgIpc) is 2.65. The van der Waals surface area contributed by atoms with Crippen molar-refractivity contribution in [2.45, 2.75) is 44.9 Å². The Morgan fingerprint density at radius 1 is 1.13 bits per heavy atom. The van der Waals surface area contributed by atoms with Crippen LogP contribution >= 0.6 is 0 Å². The molecule has 5 nitrogen and oxygen atoms in total. The summed E-state index contributed by atoms with van der Waals surface area (Å²) in [5.41, 5.74) is -0.00671. The fraction of sp³-hybridized carbons (Fsp3) is 0.333. The zero-order valence-electron chi connectivity index (χ0n) is 16.4. The molecule has 1 aliphatic heterocycles. The van der Waals surface area contributed by atoms with Gasteiger partial charge < -0.3 is 16.0 Å². The third-order valence-electron chi connectivity index (χ3n) is 5.04. The Balaban J connectivity index is 1.93. The number of rotatable bonds is 4. The Labute approximate surface area is 170 Å². The van der Waals surface area contributed by atoms with E-state index in [2.05, 4.69) is 16.0 Å². The summed E-state index contributed by atoms with van der Waals surface area (Å²) >= 11 is 0. The van der Waals surface area contributed by atoms with Crippen LogP contribution in [-0.4, -0.2) is 23.9 Å². The quantitative estimate of drug-likeness (QED) is 0.643. The molecular weight excluding hydrogens is 402 g/mol. The molecule has 0 radical (unpaired) electrons. The zero-order valence-corrected chi connectivity index (χ0v) is 16.4. The van der Waals surface area contributed by atoms with Crippen molar-refractivity contribution < 1.29 is 27.2 Å². The van der Waals surface area contributed by atoms with Crippen molar-refractivity contribution in [3.63, 3.8) is 0 Å². The number of aryl methyl sites for hydroxylation is 1. The summed E-state index contributed by atoms with van der Waals surface area (Å²) in [4.78, 5) is 24.3. The molecule has 160 valence electrons. The molecule has 0 bridgehead atoms. The van der Waals surface area contributed by atoms with E-state index >= 15 is 0 Å². The summed E-state index contributed by atoms with van der Waals surface area (Å²) in [6, 6.07) is 6.01. The molecule has 2 aromatic rings. The van der Waals surface area contributed by atoms with E-state index in [1.165, 1.54) is 24.3 Å². The van der Waals surface area contributed by atoms with Gasteiger partial charge in [-0.3, -0.25) is 9.59 Å². The van der Waals surface area contributed by atoms with Crippen LogP contribution in [0.1, 0.15) is 41.3 Å². The third kappa shape index (κ3) is 4.90.